The molecular weight excluding hydrogens is 242 g/mol. The minimum atomic E-state index is -0.263. The Balaban J connectivity index is 1.90. The molecular formula is C15H17NO3. The Bertz CT molecular complexity index is 558. The SMILES string of the molecule is COC1=CC=C2CCN3CCC4=C(C(=O)OC4)[C@]23C1. The van der Waals surface area contributed by atoms with Crippen molar-refractivity contribution in [1.29, 1.82) is 0 Å². The van der Waals surface area contributed by atoms with E-state index in [4.69, 9.17) is 9.47 Å². The van der Waals surface area contributed by atoms with Crippen LogP contribution in [-0.2, 0) is 14.3 Å². The summed E-state index contributed by atoms with van der Waals surface area (Å²) >= 11 is 0. The third-order valence-corrected chi connectivity index (χ3v) is 4.92. The van der Waals surface area contributed by atoms with Gasteiger partial charge in [-0.25, -0.2) is 4.79 Å². The molecule has 4 nitrogen and oxygen atoms in total. The first-order valence-electron chi connectivity index (χ1n) is 6.84. The summed E-state index contributed by atoms with van der Waals surface area (Å²) in [6.45, 7) is 2.54. The number of esters is 1. The Hall–Kier alpha value is -1.55. The van der Waals surface area contributed by atoms with Gasteiger partial charge in [0.1, 0.15) is 6.61 Å². The molecule has 1 fully saturated rings. The highest BCUT2D eigenvalue weighted by Crippen LogP contribution is 2.51. The highest BCUT2D eigenvalue weighted by molar-refractivity contribution is 5.96. The van der Waals surface area contributed by atoms with Gasteiger partial charge in [-0.3, -0.25) is 4.90 Å². The fourth-order valence-corrected chi connectivity index (χ4v) is 4.03. The summed E-state index contributed by atoms with van der Waals surface area (Å²) in [4.78, 5) is 14.6. The first-order valence-corrected chi connectivity index (χ1v) is 6.84. The molecule has 1 aliphatic carbocycles. The number of allylic oxidation sites excluding steroid dienone is 2. The van der Waals surface area contributed by atoms with E-state index in [9.17, 15) is 4.79 Å². The predicted octanol–water partition coefficient (Wildman–Crippen LogP) is 1.55. The summed E-state index contributed by atoms with van der Waals surface area (Å²) in [5.74, 6) is 0.828. The van der Waals surface area contributed by atoms with E-state index in [0.29, 0.717) is 6.61 Å². The van der Waals surface area contributed by atoms with Crippen LogP contribution in [0.5, 0.6) is 0 Å². The van der Waals surface area contributed by atoms with Crippen molar-refractivity contribution >= 4 is 5.97 Å². The van der Waals surface area contributed by atoms with Gasteiger partial charge in [-0.15, -0.1) is 0 Å². The van der Waals surface area contributed by atoms with Crippen molar-refractivity contribution in [2.24, 2.45) is 0 Å². The second-order valence-corrected chi connectivity index (χ2v) is 5.61. The number of methoxy groups -OCH3 is 1. The first kappa shape index (κ1) is 11.3. The van der Waals surface area contributed by atoms with Gasteiger partial charge in [-0.1, -0.05) is 6.08 Å². The van der Waals surface area contributed by atoms with Crippen LogP contribution < -0.4 is 0 Å². The Kier molecular flexibility index (Phi) is 2.22. The van der Waals surface area contributed by atoms with Crippen LogP contribution in [0.15, 0.2) is 34.6 Å². The van der Waals surface area contributed by atoms with E-state index >= 15 is 0 Å². The van der Waals surface area contributed by atoms with Gasteiger partial charge >= 0.3 is 5.97 Å². The van der Waals surface area contributed by atoms with Gasteiger partial charge in [0.2, 0.25) is 0 Å². The van der Waals surface area contributed by atoms with Crippen LogP contribution in [-0.4, -0.2) is 43.2 Å². The molecule has 0 bridgehead atoms. The minimum Gasteiger partial charge on any atom is -0.501 e. The number of rotatable bonds is 1. The average Bonchev–Trinajstić information content (AvgIpc) is 2.99. The monoisotopic (exact) mass is 259 g/mol. The van der Waals surface area contributed by atoms with Crippen molar-refractivity contribution in [3.05, 3.63) is 34.6 Å². The van der Waals surface area contributed by atoms with Crippen molar-refractivity contribution in [3.63, 3.8) is 0 Å². The number of carbonyl (C=O) groups excluding carboxylic acids is 1. The van der Waals surface area contributed by atoms with Gasteiger partial charge in [0.15, 0.2) is 0 Å². The number of hydrogen-bond donors (Lipinski definition) is 0. The van der Waals surface area contributed by atoms with Crippen LogP contribution in [0.3, 0.4) is 0 Å². The maximum atomic E-state index is 12.2. The minimum absolute atomic E-state index is 0.121. The Morgan fingerprint density at radius 3 is 3.00 bits per heavy atom. The third-order valence-electron chi connectivity index (χ3n) is 4.92. The molecule has 1 saturated heterocycles. The van der Waals surface area contributed by atoms with Crippen molar-refractivity contribution < 1.29 is 14.3 Å². The summed E-state index contributed by atoms with van der Waals surface area (Å²) < 4.78 is 10.7. The number of hydrogen-bond acceptors (Lipinski definition) is 4. The summed E-state index contributed by atoms with van der Waals surface area (Å²) in [6.07, 6.45) is 6.95. The number of carbonyl (C=O) groups is 1. The quantitative estimate of drug-likeness (QED) is 0.670. The topological polar surface area (TPSA) is 38.8 Å². The van der Waals surface area contributed by atoms with Crippen LogP contribution in [0, 0.1) is 0 Å². The average molecular weight is 259 g/mol. The van der Waals surface area contributed by atoms with E-state index in [1.54, 1.807) is 7.11 Å². The largest absolute Gasteiger partial charge is 0.501 e. The molecule has 1 spiro atoms. The summed E-state index contributed by atoms with van der Waals surface area (Å²) in [6, 6.07) is 0. The maximum absolute atomic E-state index is 12.2. The third kappa shape index (κ3) is 1.30. The van der Waals surface area contributed by atoms with Gasteiger partial charge in [-0.05, 0) is 30.1 Å². The molecule has 0 radical (unpaired) electrons. The standard InChI is InChI=1S/C15H17NO3/c1-18-12-3-2-11-5-7-16-6-4-10-9-19-14(17)13(10)15(11,16)8-12/h2-3H,4-9H2,1H3/t15-/m0/s1. The molecule has 0 aromatic carbocycles. The lowest BCUT2D eigenvalue weighted by Gasteiger charge is -2.44. The molecule has 1 atom stereocenters. The molecule has 4 heteroatoms. The molecule has 0 amide bonds. The lowest BCUT2D eigenvalue weighted by atomic mass is 9.73. The zero-order valence-corrected chi connectivity index (χ0v) is 11.1. The molecule has 3 heterocycles. The van der Waals surface area contributed by atoms with Crippen LogP contribution in [0.1, 0.15) is 19.3 Å². The molecule has 100 valence electrons. The summed E-state index contributed by atoms with van der Waals surface area (Å²) in [7, 11) is 1.70. The Labute approximate surface area is 112 Å². The lowest BCUT2D eigenvalue weighted by Crippen LogP contribution is -2.52. The molecule has 3 aliphatic heterocycles. The van der Waals surface area contributed by atoms with Crippen LogP contribution in [0.25, 0.3) is 0 Å². The molecule has 0 saturated carbocycles. The van der Waals surface area contributed by atoms with Crippen molar-refractivity contribution in [3.8, 4) is 0 Å². The van der Waals surface area contributed by atoms with Crippen molar-refractivity contribution in [2.45, 2.75) is 24.8 Å². The smallest absolute Gasteiger partial charge is 0.336 e. The molecule has 0 aromatic heterocycles. The Morgan fingerprint density at radius 1 is 1.32 bits per heavy atom. The van der Waals surface area contributed by atoms with Crippen LogP contribution >= 0.6 is 0 Å². The lowest BCUT2D eigenvalue weighted by molar-refractivity contribution is -0.137. The fourth-order valence-electron chi connectivity index (χ4n) is 4.03. The van der Waals surface area contributed by atoms with Gasteiger partial charge in [-0.2, -0.15) is 0 Å². The predicted molar refractivity (Wildman–Crippen MR) is 69.3 cm³/mol. The first-order chi connectivity index (χ1) is 9.25. The van der Waals surface area contributed by atoms with E-state index in [2.05, 4.69) is 11.0 Å². The molecule has 0 unspecified atom stereocenters. The molecule has 4 rings (SSSR count). The molecule has 19 heavy (non-hydrogen) atoms. The van der Waals surface area contributed by atoms with Gasteiger partial charge in [0.25, 0.3) is 0 Å². The van der Waals surface area contributed by atoms with Crippen molar-refractivity contribution in [1.82, 2.24) is 4.90 Å². The van der Waals surface area contributed by atoms with Gasteiger partial charge in [0, 0.05) is 19.5 Å². The second-order valence-electron chi connectivity index (χ2n) is 5.61. The molecule has 0 N–H and O–H groups in total. The normalized spacial score (nSPS) is 33.2. The van der Waals surface area contributed by atoms with Crippen molar-refractivity contribution in [2.75, 3.05) is 26.8 Å². The zero-order valence-electron chi connectivity index (χ0n) is 11.1. The van der Waals surface area contributed by atoms with Crippen LogP contribution in [0.2, 0.25) is 0 Å². The Morgan fingerprint density at radius 2 is 2.16 bits per heavy atom. The highest BCUT2D eigenvalue weighted by atomic mass is 16.5. The van der Waals surface area contributed by atoms with E-state index < -0.39 is 0 Å². The van der Waals surface area contributed by atoms with Gasteiger partial charge < -0.3 is 9.47 Å². The van der Waals surface area contributed by atoms with E-state index in [1.165, 1.54) is 11.1 Å². The van der Waals surface area contributed by atoms with E-state index in [-0.39, 0.29) is 11.5 Å². The fraction of sp³-hybridized carbons (Fsp3) is 0.533. The number of ether oxygens (including phenoxy) is 2. The maximum Gasteiger partial charge on any atom is 0.336 e. The number of cyclic esters (lactones) is 1. The second kappa shape index (κ2) is 3.73. The number of nitrogens with zero attached hydrogens (tertiary/aromatic N) is 1. The molecule has 0 aromatic rings. The summed E-state index contributed by atoms with van der Waals surface area (Å²) in [5.41, 5.74) is 3.19. The summed E-state index contributed by atoms with van der Waals surface area (Å²) in [5, 5.41) is 0. The van der Waals surface area contributed by atoms with E-state index in [0.717, 1.165) is 43.7 Å². The van der Waals surface area contributed by atoms with E-state index in [1.807, 2.05) is 6.08 Å². The van der Waals surface area contributed by atoms with Crippen LogP contribution in [0.4, 0.5) is 0 Å². The van der Waals surface area contributed by atoms with Gasteiger partial charge in [0.05, 0.1) is 24.0 Å². The zero-order chi connectivity index (χ0) is 13.0. The highest BCUT2D eigenvalue weighted by Gasteiger charge is 2.56. The molecule has 4 aliphatic rings.